The van der Waals surface area contributed by atoms with E-state index in [1.54, 1.807) is 9.36 Å². The van der Waals surface area contributed by atoms with E-state index in [9.17, 15) is 4.79 Å². The molecule has 0 saturated heterocycles. The molecule has 8 nitrogen and oxygen atoms in total. The lowest BCUT2D eigenvalue weighted by Gasteiger charge is -2.14. The zero-order chi connectivity index (χ0) is 17.2. The first-order valence-corrected chi connectivity index (χ1v) is 8.06. The van der Waals surface area contributed by atoms with Crippen molar-refractivity contribution in [3.05, 3.63) is 48.5 Å². The molecule has 0 radical (unpaired) electrons. The van der Waals surface area contributed by atoms with Crippen LogP contribution in [0.3, 0.4) is 0 Å². The van der Waals surface area contributed by atoms with E-state index in [4.69, 9.17) is 0 Å². The second kappa shape index (κ2) is 6.31. The zero-order valence-corrected chi connectivity index (χ0v) is 13.7. The second-order valence-corrected chi connectivity index (χ2v) is 5.96. The van der Waals surface area contributed by atoms with Crippen LogP contribution in [-0.2, 0) is 17.9 Å². The number of benzene rings is 2. The highest BCUT2D eigenvalue weighted by molar-refractivity contribution is 5.80. The van der Waals surface area contributed by atoms with E-state index in [0.29, 0.717) is 6.54 Å². The Hall–Kier alpha value is -3.29. The molecule has 0 bridgehead atoms. The standard InChI is InChI=1S/C17H17N7O/c1-12(10-23-15-8-4-2-6-13(15)19-21-23)18-17(25)11-24-16-9-5-3-7-14(16)20-22-24/h2-9,12H,10-11H2,1H3,(H,18,25)/t12-/m0/s1. The number of hydrogen-bond acceptors (Lipinski definition) is 5. The van der Waals surface area contributed by atoms with Gasteiger partial charge in [-0.2, -0.15) is 0 Å². The van der Waals surface area contributed by atoms with Crippen molar-refractivity contribution >= 4 is 28.0 Å². The van der Waals surface area contributed by atoms with Gasteiger partial charge in [0.2, 0.25) is 5.91 Å². The van der Waals surface area contributed by atoms with Crippen LogP contribution >= 0.6 is 0 Å². The molecule has 0 unspecified atom stereocenters. The second-order valence-electron chi connectivity index (χ2n) is 5.96. The predicted molar refractivity (Wildman–Crippen MR) is 92.7 cm³/mol. The van der Waals surface area contributed by atoms with Crippen LogP contribution < -0.4 is 5.32 Å². The van der Waals surface area contributed by atoms with E-state index in [0.717, 1.165) is 22.1 Å². The maximum absolute atomic E-state index is 12.3. The zero-order valence-electron chi connectivity index (χ0n) is 13.7. The van der Waals surface area contributed by atoms with Crippen LogP contribution in [0.1, 0.15) is 6.92 Å². The van der Waals surface area contributed by atoms with Crippen molar-refractivity contribution in [1.29, 1.82) is 0 Å². The Morgan fingerprint density at radius 3 is 2.20 bits per heavy atom. The topological polar surface area (TPSA) is 90.5 Å². The van der Waals surface area contributed by atoms with E-state index >= 15 is 0 Å². The van der Waals surface area contributed by atoms with Gasteiger partial charge in [-0.3, -0.25) is 4.79 Å². The number of hydrogen-bond donors (Lipinski definition) is 1. The first-order chi connectivity index (χ1) is 12.2. The number of fused-ring (bicyclic) bond motifs is 2. The van der Waals surface area contributed by atoms with E-state index < -0.39 is 0 Å². The molecule has 1 N–H and O–H groups in total. The molecular weight excluding hydrogens is 318 g/mol. The minimum Gasteiger partial charge on any atom is -0.350 e. The quantitative estimate of drug-likeness (QED) is 0.595. The van der Waals surface area contributed by atoms with Crippen LogP contribution in [0.15, 0.2) is 48.5 Å². The van der Waals surface area contributed by atoms with Crippen LogP contribution in [0.2, 0.25) is 0 Å². The fourth-order valence-electron chi connectivity index (χ4n) is 2.85. The highest BCUT2D eigenvalue weighted by Crippen LogP contribution is 2.11. The van der Waals surface area contributed by atoms with Gasteiger partial charge in [0.05, 0.1) is 17.6 Å². The van der Waals surface area contributed by atoms with Gasteiger partial charge in [-0.05, 0) is 31.2 Å². The molecular formula is C17H17N7O. The molecule has 0 aliphatic rings. The number of nitrogens with zero attached hydrogens (tertiary/aromatic N) is 6. The van der Waals surface area contributed by atoms with Gasteiger partial charge in [-0.1, -0.05) is 34.7 Å². The molecule has 25 heavy (non-hydrogen) atoms. The average molecular weight is 335 g/mol. The van der Waals surface area contributed by atoms with Crippen molar-refractivity contribution in [3.63, 3.8) is 0 Å². The van der Waals surface area contributed by atoms with Gasteiger partial charge in [-0.25, -0.2) is 9.36 Å². The molecule has 0 spiro atoms. The van der Waals surface area contributed by atoms with Gasteiger partial charge in [-0.15, -0.1) is 10.2 Å². The van der Waals surface area contributed by atoms with Crippen LogP contribution in [0.5, 0.6) is 0 Å². The molecule has 4 rings (SSSR count). The van der Waals surface area contributed by atoms with E-state index in [-0.39, 0.29) is 18.5 Å². The Balaban J connectivity index is 1.42. The summed E-state index contributed by atoms with van der Waals surface area (Å²) in [4.78, 5) is 12.3. The molecule has 0 fully saturated rings. The lowest BCUT2D eigenvalue weighted by Crippen LogP contribution is -2.38. The van der Waals surface area contributed by atoms with Crippen LogP contribution in [0, 0.1) is 0 Å². The lowest BCUT2D eigenvalue weighted by atomic mass is 10.3. The summed E-state index contributed by atoms with van der Waals surface area (Å²) >= 11 is 0. The predicted octanol–water partition coefficient (Wildman–Crippen LogP) is 1.38. The number of carbonyl (C=O) groups excluding carboxylic acids is 1. The van der Waals surface area contributed by atoms with Crippen molar-refractivity contribution in [2.45, 2.75) is 26.1 Å². The lowest BCUT2D eigenvalue weighted by molar-refractivity contribution is -0.122. The molecule has 4 aromatic rings. The molecule has 2 aromatic carbocycles. The van der Waals surface area contributed by atoms with Crippen LogP contribution in [-0.4, -0.2) is 41.9 Å². The van der Waals surface area contributed by atoms with Gasteiger partial charge in [0.25, 0.3) is 0 Å². The van der Waals surface area contributed by atoms with E-state index in [2.05, 4.69) is 25.9 Å². The van der Waals surface area contributed by atoms with E-state index in [1.165, 1.54) is 0 Å². The van der Waals surface area contributed by atoms with Crippen molar-refractivity contribution in [3.8, 4) is 0 Å². The highest BCUT2D eigenvalue weighted by Gasteiger charge is 2.13. The Labute approximate surface area is 143 Å². The van der Waals surface area contributed by atoms with Crippen molar-refractivity contribution in [2.24, 2.45) is 0 Å². The van der Waals surface area contributed by atoms with Crippen LogP contribution in [0.25, 0.3) is 22.1 Å². The van der Waals surface area contributed by atoms with Crippen molar-refractivity contribution in [2.75, 3.05) is 0 Å². The minimum atomic E-state index is -0.118. The van der Waals surface area contributed by atoms with Crippen molar-refractivity contribution in [1.82, 2.24) is 35.3 Å². The normalized spacial score (nSPS) is 12.5. The SMILES string of the molecule is C[C@@H](Cn1nnc2ccccc21)NC(=O)Cn1nnc2ccccc21. The maximum atomic E-state index is 12.3. The molecule has 0 saturated carbocycles. The molecule has 2 heterocycles. The summed E-state index contributed by atoms with van der Waals surface area (Å²) in [6.45, 7) is 2.61. The number of para-hydroxylation sites is 2. The minimum absolute atomic E-state index is 0.0904. The molecule has 2 aromatic heterocycles. The number of rotatable bonds is 5. The maximum Gasteiger partial charge on any atom is 0.242 e. The summed E-state index contributed by atoms with van der Waals surface area (Å²) in [5.41, 5.74) is 3.41. The number of carbonyl (C=O) groups is 1. The number of nitrogens with one attached hydrogen (secondary N) is 1. The van der Waals surface area contributed by atoms with Gasteiger partial charge < -0.3 is 5.32 Å². The summed E-state index contributed by atoms with van der Waals surface area (Å²) in [7, 11) is 0. The molecule has 126 valence electrons. The number of amides is 1. The van der Waals surface area contributed by atoms with E-state index in [1.807, 2.05) is 55.5 Å². The molecule has 8 heteroatoms. The highest BCUT2D eigenvalue weighted by atomic mass is 16.2. The largest absolute Gasteiger partial charge is 0.350 e. The van der Waals surface area contributed by atoms with Gasteiger partial charge in [0.15, 0.2) is 0 Å². The summed E-state index contributed by atoms with van der Waals surface area (Å²) < 4.78 is 3.40. The summed E-state index contributed by atoms with van der Waals surface area (Å²) in [5.74, 6) is -0.118. The molecule has 0 aliphatic heterocycles. The smallest absolute Gasteiger partial charge is 0.242 e. The fraction of sp³-hybridized carbons (Fsp3) is 0.235. The van der Waals surface area contributed by atoms with Gasteiger partial charge >= 0.3 is 0 Å². The Bertz CT molecular complexity index is 1040. The summed E-state index contributed by atoms with van der Waals surface area (Å²) in [6, 6.07) is 15.2. The third-order valence-corrected chi connectivity index (χ3v) is 3.99. The first kappa shape index (κ1) is 15.3. The number of aromatic nitrogens is 6. The van der Waals surface area contributed by atoms with Crippen LogP contribution in [0.4, 0.5) is 0 Å². The molecule has 1 atom stereocenters. The Morgan fingerprint density at radius 1 is 0.960 bits per heavy atom. The molecule has 0 aliphatic carbocycles. The van der Waals surface area contributed by atoms with Gasteiger partial charge in [0.1, 0.15) is 17.6 Å². The van der Waals surface area contributed by atoms with Crippen molar-refractivity contribution < 1.29 is 4.79 Å². The molecule has 1 amide bonds. The third-order valence-electron chi connectivity index (χ3n) is 3.99. The Kier molecular flexibility index (Phi) is 3.85. The summed E-state index contributed by atoms with van der Waals surface area (Å²) in [5, 5.41) is 19.3. The third kappa shape index (κ3) is 3.06. The first-order valence-electron chi connectivity index (χ1n) is 8.06. The van der Waals surface area contributed by atoms with Gasteiger partial charge in [0, 0.05) is 6.04 Å². The average Bonchev–Trinajstić information content (AvgIpc) is 3.20. The summed E-state index contributed by atoms with van der Waals surface area (Å²) in [6.07, 6.45) is 0. The Morgan fingerprint density at radius 2 is 1.52 bits per heavy atom. The monoisotopic (exact) mass is 335 g/mol. The fourth-order valence-corrected chi connectivity index (χ4v) is 2.85.